The van der Waals surface area contributed by atoms with Crippen LogP contribution in [0.2, 0.25) is 0 Å². The summed E-state index contributed by atoms with van der Waals surface area (Å²) >= 11 is 0. The van der Waals surface area contributed by atoms with Crippen molar-refractivity contribution in [2.45, 2.75) is 51.2 Å². The second-order valence-electron chi connectivity index (χ2n) is 6.60. The lowest BCUT2D eigenvalue weighted by atomic mass is 10.0. The number of nitrogens with zero attached hydrogens (tertiary/aromatic N) is 1. The molecule has 0 bridgehead atoms. The first-order chi connectivity index (χ1) is 10.8. The molecule has 0 radical (unpaired) electrons. The van der Waals surface area contributed by atoms with Crippen LogP contribution in [-0.2, 0) is 19.5 Å². The van der Waals surface area contributed by atoms with Gasteiger partial charge in [-0.1, -0.05) is 6.07 Å². The Labute approximate surface area is 138 Å². The number of ether oxygens (including phenoxy) is 2. The molecule has 6 heteroatoms. The maximum Gasteiger partial charge on any atom is 0.243 e. The molecular weight excluding hydrogens is 314 g/mol. The summed E-state index contributed by atoms with van der Waals surface area (Å²) in [5.74, 6) is -0.557. The first kappa shape index (κ1) is 16.9. The molecule has 2 heterocycles. The number of sulfonamides is 1. The Hall–Kier alpha value is -0.950. The molecule has 3 rings (SSSR count). The number of hydrogen-bond donors (Lipinski definition) is 0. The van der Waals surface area contributed by atoms with E-state index in [0.717, 1.165) is 22.3 Å². The van der Waals surface area contributed by atoms with Gasteiger partial charge in [0.1, 0.15) is 0 Å². The van der Waals surface area contributed by atoms with Crippen molar-refractivity contribution in [1.29, 1.82) is 0 Å². The van der Waals surface area contributed by atoms with E-state index >= 15 is 0 Å². The minimum Gasteiger partial charge on any atom is -0.347 e. The van der Waals surface area contributed by atoms with Crippen molar-refractivity contribution < 1.29 is 17.9 Å². The van der Waals surface area contributed by atoms with Gasteiger partial charge in [-0.2, -0.15) is 4.31 Å². The number of benzene rings is 1. The van der Waals surface area contributed by atoms with Gasteiger partial charge in [-0.3, -0.25) is 0 Å². The maximum atomic E-state index is 13.2. The average Bonchev–Trinajstić information content (AvgIpc) is 2.94. The number of aryl methyl sites for hydroxylation is 2. The van der Waals surface area contributed by atoms with Crippen LogP contribution in [-0.4, -0.2) is 44.8 Å². The predicted octanol–water partition coefficient (Wildman–Crippen LogP) is 2.45. The minimum atomic E-state index is -3.49. The molecule has 23 heavy (non-hydrogen) atoms. The van der Waals surface area contributed by atoms with Crippen molar-refractivity contribution in [2.75, 3.05) is 26.3 Å². The van der Waals surface area contributed by atoms with Crippen LogP contribution in [0, 0.1) is 27.7 Å². The summed E-state index contributed by atoms with van der Waals surface area (Å²) in [4.78, 5) is 0.471. The lowest BCUT2D eigenvalue weighted by Gasteiger charge is -2.37. The Kier molecular flexibility index (Phi) is 4.29. The van der Waals surface area contributed by atoms with E-state index in [9.17, 15) is 8.42 Å². The Bertz CT molecular complexity index is 684. The average molecular weight is 339 g/mol. The van der Waals surface area contributed by atoms with E-state index in [0.29, 0.717) is 44.0 Å². The highest BCUT2D eigenvalue weighted by molar-refractivity contribution is 7.89. The van der Waals surface area contributed by atoms with Crippen LogP contribution < -0.4 is 0 Å². The van der Waals surface area contributed by atoms with Crippen molar-refractivity contribution in [3.05, 3.63) is 28.3 Å². The van der Waals surface area contributed by atoms with Crippen LogP contribution in [0.1, 0.15) is 35.1 Å². The zero-order valence-corrected chi connectivity index (χ0v) is 15.1. The molecule has 5 nitrogen and oxygen atoms in total. The molecule has 128 valence electrons. The molecule has 0 N–H and O–H groups in total. The zero-order valence-electron chi connectivity index (χ0n) is 14.3. The van der Waals surface area contributed by atoms with Gasteiger partial charge in [-0.05, 0) is 49.9 Å². The largest absolute Gasteiger partial charge is 0.347 e. The Balaban J connectivity index is 1.92. The fraction of sp³-hybridized carbons (Fsp3) is 0.647. The quantitative estimate of drug-likeness (QED) is 0.830. The second-order valence-corrected chi connectivity index (χ2v) is 8.48. The molecule has 1 aromatic rings. The van der Waals surface area contributed by atoms with E-state index in [4.69, 9.17) is 9.47 Å². The predicted molar refractivity (Wildman–Crippen MR) is 88.0 cm³/mol. The fourth-order valence-electron chi connectivity index (χ4n) is 3.55. The van der Waals surface area contributed by atoms with E-state index in [-0.39, 0.29) is 0 Å². The van der Waals surface area contributed by atoms with E-state index in [1.807, 2.05) is 27.7 Å². The van der Waals surface area contributed by atoms with Gasteiger partial charge in [0.15, 0.2) is 5.79 Å². The molecule has 0 saturated carbocycles. The molecular formula is C17H25NO4S. The molecule has 2 aliphatic heterocycles. The molecule has 0 atom stereocenters. The van der Waals surface area contributed by atoms with Crippen LogP contribution in [0.25, 0.3) is 0 Å². The van der Waals surface area contributed by atoms with Crippen LogP contribution >= 0.6 is 0 Å². The third kappa shape index (κ3) is 2.82. The Morgan fingerprint density at radius 3 is 1.91 bits per heavy atom. The molecule has 0 aromatic heterocycles. The lowest BCUT2D eigenvalue weighted by molar-refractivity contribution is -0.179. The van der Waals surface area contributed by atoms with Gasteiger partial charge < -0.3 is 9.47 Å². The van der Waals surface area contributed by atoms with Crippen molar-refractivity contribution in [2.24, 2.45) is 0 Å². The maximum absolute atomic E-state index is 13.2. The van der Waals surface area contributed by atoms with Gasteiger partial charge >= 0.3 is 0 Å². The molecule has 1 spiro atoms. The van der Waals surface area contributed by atoms with Crippen LogP contribution in [0.5, 0.6) is 0 Å². The fourth-order valence-corrected chi connectivity index (χ4v) is 5.57. The summed E-state index contributed by atoms with van der Waals surface area (Å²) < 4.78 is 39.3. The van der Waals surface area contributed by atoms with Gasteiger partial charge in [-0.15, -0.1) is 0 Å². The first-order valence-electron chi connectivity index (χ1n) is 8.12. The molecule has 2 saturated heterocycles. The van der Waals surface area contributed by atoms with Crippen molar-refractivity contribution in [1.82, 2.24) is 4.31 Å². The van der Waals surface area contributed by atoms with Gasteiger partial charge in [-0.25, -0.2) is 8.42 Å². The van der Waals surface area contributed by atoms with E-state index in [2.05, 4.69) is 6.07 Å². The van der Waals surface area contributed by atoms with Gasteiger partial charge in [0.05, 0.1) is 18.1 Å². The van der Waals surface area contributed by atoms with E-state index in [1.165, 1.54) is 0 Å². The second kappa shape index (κ2) is 5.84. The van der Waals surface area contributed by atoms with Gasteiger partial charge in [0, 0.05) is 25.9 Å². The van der Waals surface area contributed by atoms with Crippen molar-refractivity contribution >= 4 is 10.0 Å². The minimum absolute atomic E-state index is 0.439. The van der Waals surface area contributed by atoms with E-state index in [1.54, 1.807) is 4.31 Å². The molecule has 2 fully saturated rings. The molecule has 1 aromatic carbocycles. The monoisotopic (exact) mass is 339 g/mol. The summed E-state index contributed by atoms with van der Waals surface area (Å²) in [5, 5.41) is 0. The number of hydrogen-bond acceptors (Lipinski definition) is 4. The third-order valence-electron chi connectivity index (χ3n) is 5.19. The normalized spacial score (nSPS) is 21.9. The van der Waals surface area contributed by atoms with E-state index < -0.39 is 15.8 Å². The molecule has 0 aliphatic carbocycles. The summed E-state index contributed by atoms with van der Waals surface area (Å²) in [7, 11) is -3.49. The topological polar surface area (TPSA) is 55.8 Å². The lowest BCUT2D eigenvalue weighted by Crippen LogP contribution is -2.47. The summed E-state index contributed by atoms with van der Waals surface area (Å²) in [5.41, 5.74) is 3.73. The number of piperidine rings is 1. The van der Waals surface area contributed by atoms with Gasteiger partial charge in [0.25, 0.3) is 0 Å². The SMILES string of the molecule is Cc1cc(C)c(C)c(S(=O)(=O)N2CCC3(CC2)OCCO3)c1C. The third-order valence-corrected chi connectivity index (χ3v) is 7.37. The zero-order chi connectivity index (χ0) is 16.8. The Morgan fingerprint density at radius 2 is 1.43 bits per heavy atom. The van der Waals surface area contributed by atoms with Crippen LogP contribution in [0.15, 0.2) is 11.0 Å². The highest BCUT2D eigenvalue weighted by Gasteiger charge is 2.43. The number of rotatable bonds is 2. The Morgan fingerprint density at radius 1 is 0.957 bits per heavy atom. The van der Waals surface area contributed by atoms with Crippen LogP contribution in [0.3, 0.4) is 0 Å². The molecule has 0 unspecified atom stereocenters. The standard InChI is InChI=1S/C17H25NO4S/c1-12-11-13(2)15(4)16(14(12)3)23(19,20)18-7-5-17(6-8-18)21-9-10-22-17/h11H,5-10H2,1-4H3. The smallest absolute Gasteiger partial charge is 0.243 e. The van der Waals surface area contributed by atoms with Crippen molar-refractivity contribution in [3.63, 3.8) is 0 Å². The molecule has 2 aliphatic rings. The summed E-state index contributed by atoms with van der Waals surface area (Å²) in [6.07, 6.45) is 1.18. The highest BCUT2D eigenvalue weighted by atomic mass is 32.2. The van der Waals surface area contributed by atoms with Crippen molar-refractivity contribution in [3.8, 4) is 0 Å². The summed E-state index contributed by atoms with van der Waals surface area (Å²) in [6.45, 7) is 9.79. The molecule has 0 amide bonds. The first-order valence-corrected chi connectivity index (χ1v) is 9.56. The summed E-state index contributed by atoms with van der Waals surface area (Å²) in [6, 6.07) is 2.05. The van der Waals surface area contributed by atoms with Gasteiger partial charge in [0.2, 0.25) is 10.0 Å². The highest BCUT2D eigenvalue weighted by Crippen LogP contribution is 2.35. The van der Waals surface area contributed by atoms with Crippen LogP contribution in [0.4, 0.5) is 0 Å².